The zero-order valence-corrected chi connectivity index (χ0v) is 16.5. The van der Waals surface area contributed by atoms with Gasteiger partial charge in [-0.3, -0.25) is 9.78 Å². The fraction of sp³-hybridized carbons (Fsp3) is 0.217. The van der Waals surface area contributed by atoms with Gasteiger partial charge in [0.15, 0.2) is 0 Å². The third kappa shape index (κ3) is 5.10. The first-order valence-corrected chi connectivity index (χ1v) is 9.25. The van der Waals surface area contributed by atoms with Crippen LogP contribution in [0.25, 0.3) is 0 Å². The molecule has 144 valence electrons. The van der Waals surface area contributed by atoms with Crippen LogP contribution in [0.2, 0.25) is 0 Å². The van der Waals surface area contributed by atoms with Gasteiger partial charge in [-0.05, 0) is 67.3 Å². The molecule has 28 heavy (non-hydrogen) atoms. The second kappa shape index (κ2) is 9.04. The molecule has 0 fully saturated rings. The molecule has 0 atom stereocenters. The van der Waals surface area contributed by atoms with Crippen molar-refractivity contribution in [2.45, 2.75) is 20.3 Å². The van der Waals surface area contributed by atoms with Crippen molar-refractivity contribution < 1.29 is 9.53 Å². The van der Waals surface area contributed by atoms with Gasteiger partial charge in [0.1, 0.15) is 5.75 Å². The summed E-state index contributed by atoms with van der Waals surface area (Å²) in [6, 6.07) is 15.8. The normalized spacial score (nSPS) is 10.4. The monoisotopic (exact) mass is 375 g/mol. The smallest absolute Gasteiger partial charge is 0.252 e. The molecule has 3 rings (SSSR count). The van der Waals surface area contributed by atoms with Gasteiger partial charge in [-0.25, -0.2) is 0 Å². The molecule has 1 amide bonds. The third-order valence-corrected chi connectivity index (χ3v) is 4.65. The Bertz CT molecular complexity index is 952. The first kappa shape index (κ1) is 19.4. The molecule has 2 N–H and O–H groups in total. The first-order valence-electron chi connectivity index (χ1n) is 9.25. The Morgan fingerprint density at radius 1 is 0.964 bits per heavy atom. The van der Waals surface area contributed by atoms with Crippen LogP contribution in [0.5, 0.6) is 5.75 Å². The number of aryl methyl sites for hydroxylation is 2. The van der Waals surface area contributed by atoms with Crippen molar-refractivity contribution in [1.29, 1.82) is 0 Å². The number of benzene rings is 2. The zero-order valence-electron chi connectivity index (χ0n) is 16.5. The molecular formula is C23H25N3O2. The van der Waals surface area contributed by atoms with Gasteiger partial charge < -0.3 is 15.4 Å². The number of pyridine rings is 1. The van der Waals surface area contributed by atoms with Crippen molar-refractivity contribution in [2.75, 3.05) is 19.0 Å². The van der Waals surface area contributed by atoms with E-state index in [1.807, 2.05) is 36.4 Å². The maximum Gasteiger partial charge on any atom is 0.252 e. The first-order chi connectivity index (χ1) is 13.5. The molecule has 0 aliphatic carbocycles. The summed E-state index contributed by atoms with van der Waals surface area (Å²) < 4.78 is 5.15. The SMILES string of the molecule is COc1ccc(CCNC(=O)c2cncc(Nc3ccc(C)c(C)c3)c2)cc1. The number of amides is 1. The number of nitrogens with one attached hydrogen (secondary N) is 2. The fourth-order valence-corrected chi connectivity index (χ4v) is 2.83. The second-order valence-electron chi connectivity index (χ2n) is 6.74. The number of anilines is 2. The molecule has 0 saturated heterocycles. The minimum atomic E-state index is -0.134. The molecule has 0 bridgehead atoms. The average molecular weight is 375 g/mol. The van der Waals surface area contributed by atoms with Gasteiger partial charge in [-0.2, -0.15) is 0 Å². The van der Waals surface area contributed by atoms with E-state index in [1.54, 1.807) is 19.5 Å². The van der Waals surface area contributed by atoms with E-state index in [4.69, 9.17) is 4.74 Å². The fourth-order valence-electron chi connectivity index (χ4n) is 2.83. The van der Waals surface area contributed by atoms with Gasteiger partial charge in [0.25, 0.3) is 5.91 Å². The van der Waals surface area contributed by atoms with Gasteiger partial charge in [0.05, 0.1) is 24.6 Å². The number of methoxy groups -OCH3 is 1. The van der Waals surface area contributed by atoms with E-state index in [0.717, 1.165) is 29.1 Å². The summed E-state index contributed by atoms with van der Waals surface area (Å²) in [7, 11) is 1.65. The van der Waals surface area contributed by atoms with Gasteiger partial charge in [-0.1, -0.05) is 18.2 Å². The van der Waals surface area contributed by atoms with E-state index in [1.165, 1.54) is 11.1 Å². The summed E-state index contributed by atoms with van der Waals surface area (Å²) in [5.41, 5.74) is 5.89. The summed E-state index contributed by atoms with van der Waals surface area (Å²) in [5, 5.41) is 6.25. The number of carbonyl (C=O) groups excluding carboxylic acids is 1. The van der Waals surface area contributed by atoms with Gasteiger partial charge >= 0.3 is 0 Å². The van der Waals surface area contributed by atoms with Crippen molar-refractivity contribution in [3.8, 4) is 5.75 Å². The lowest BCUT2D eigenvalue weighted by atomic mass is 10.1. The molecule has 2 aromatic carbocycles. The van der Waals surface area contributed by atoms with Crippen molar-refractivity contribution in [2.24, 2.45) is 0 Å². The number of hydrogen-bond donors (Lipinski definition) is 2. The number of aromatic nitrogens is 1. The Hall–Kier alpha value is -3.34. The molecule has 5 nitrogen and oxygen atoms in total. The number of ether oxygens (including phenoxy) is 1. The van der Waals surface area contributed by atoms with E-state index >= 15 is 0 Å². The van der Waals surface area contributed by atoms with Crippen LogP contribution in [-0.4, -0.2) is 24.5 Å². The molecule has 0 radical (unpaired) electrons. The maximum absolute atomic E-state index is 12.4. The number of carbonyl (C=O) groups is 1. The number of hydrogen-bond acceptors (Lipinski definition) is 4. The molecule has 0 saturated carbocycles. The topological polar surface area (TPSA) is 63.2 Å². The van der Waals surface area contributed by atoms with E-state index in [-0.39, 0.29) is 5.91 Å². The van der Waals surface area contributed by atoms with E-state index in [0.29, 0.717) is 12.1 Å². The van der Waals surface area contributed by atoms with Crippen LogP contribution in [-0.2, 0) is 6.42 Å². The highest BCUT2D eigenvalue weighted by Gasteiger charge is 2.07. The van der Waals surface area contributed by atoms with Crippen LogP contribution in [0.15, 0.2) is 60.9 Å². The largest absolute Gasteiger partial charge is 0.497 e. The standard InChI is InChI=1S/C23H25N3O2/c1-16-4-7-20(12-17(16)2)26-21-13-19(14-24-15-21)23(27)25-11-10-18-5-8-22(28-3)9-6-18/h4-9,12-15,26H,10-11H2,1-3H3,(H,25,27). The van der Waals surface area contributed by atoms with Crippen molar-refractivity contribution in [1.82, 2.24) is 10.3 Å². The second-order valence-corrected chi connectivity index (χ2v) is 6.74. The Labute approximate surface area is 165 Å². The highest BCUT2D eigenvalue weighted by Crippen LogP contribution is 2.19. The van der Waals surface area contributed by atoms with Crippen LogP contribution < -0.4 is 15.4 Å². The Balaban J connectivity index is 1.57. The minimum absolute atomic E-state index is 0.134. The van der Waals surface area contributed by atoms with Crippen LogP contribution in [0.4, 0.5) is 11.4 Å². The third-order valence-electron chi connectivity index (χ3n) is 4.65. The number of rotatable bonds is 7. The van der Waals surface area contributed by atoms with E-state index in [2.05, 4.69) is 41.6 Å². The van der Waals surface area contributed by atoms with Crippen molar-refractivity contribution in [3.05, 3.63) is 83.2 Å². The maximum atomic E-state index is 12.4. The van der Waals surface area contributed by atoms with Crippen LogP contribution in [0, 0.1) is 13.8 Å². The van der Waals surface area contributed by atoms with Crippen LogP contribution in [0.1, 0.15) is 27.0 Å². The molecule has 0 aliphatic rings. The summed E-state index contributed by atoms with van der Waals surface area (Å²) in [4.78, 5) is 16.6. The quantitative estimate of drug-likeness (QED) is 0.641. The van der Waals surface area contributed by atoms with Gasteiger partial charge in [0.2, 0.25) is 0 Å². The van der Waals surface area contributed by atoms with Crippen LogP contribution >= 0.6 is 0 Å². The molecule has 5 heteroatoms. The Kier molecular flexibility index (Phi) is 6.27. The predicted octanol–water partition coefficient (Wildman–Crippen LogP) is 4.42. The van der Waals surface area contributed by atoms with Gasteiger partial charge in [-0.15, -0.1) is 0 Å². The molecule has 1 heterocycles. The summed E-state index contributed by atoms with van der Waals surface area (Å²) in [6.45, 7) is 4.71. The predicted molar refractivity (Wildman–Crippen MR) is 112 cm³/mol. The van der Waals surface area contributed by atoms with E-state index in [9.17, 15) is 4.79 Å². The minimum Gasteiger partial charge on any atom is -0.497 e. The highest BCUT2D eigenvalue weighted by atomic mass is 16.5. The van der Waals surface area contributed by atoms with E-state index < -0.39 is 0 Å². The average Bonchev–Trinajstić information content (AvgIpc) is 2.71. The highest BCUT2D eigenvalue weighted by molar-refractivity contribution is 5.94. The number of nitrogens with zero attached hydrogens (tertiary/aromatic N) is 1. The molecule has 0 unspecified atom stereocenters. The lowest BCUT2D eigenvalue weighted by Gasteiger charge is -2.10. The Morgan fingerprint density at radius 2 is 1.75 bits per heavy atom. The molecule has 1 aromatic heterocycles. The summed E-state index contributed by atoms with van der Waals surface area (Å²) in [6.07, 6.45) is 4.04. The summed E-state index contributed by atoms with van der Waals surface area (Å²) >= 11 is 0. The summed E-state index contributed by atoms with van der Waals surface area (Å²) in [5.74, 6) is 0.691. The van der Waals surface area contributed by atoms with Crippen molar-refractivity contribution >= 4 is 17.3 Å². The lowest BCUT2D eigenvalue weighted by Crippen LogP contribution is -2.25. The molecule has 0 spiro atoms. The lowest BCUT2D eigenvalue weighted by molar-refractivity contribution is 0.0954. The Morgan fingerprint density at radius 3 is 2.46 bits per heavy atom. The molecular weight excluding hydrogens is 350 g/mol. The molecule has 0 aliphatic heterocycles. The zero-order chi connectivity index (χ0) is 19.9. The van der Waals surface area contributed by atoms with Crippen molar-refractivity contribution in [3.63, 3.8) is 0 Å². The molecule has 3 aromatic rings. The van der Waals surface area contributed by atoms with Crippen LogP contribution in [0.3, 0.4) is 0 Å². The van der Waals surface area contributed by atoms with Gasteiger partial charge in [0, 0.05) is 18.4 Å².